The molecule has 0 saturated carbocycles. The Labute approximate surface area is 253 Å². The Balaban J connectivity index is 0.000000220. The minimum Gasteiger partial charge on any atom is -0.508 e. The molecule has 0 amide bonds. The van der Waals surface area contributed by atoms with Crippen molar-refractivity contribution in [3.63, 3.8) is 0 Å². The largest absolute Gasteiger partial charge is 0.508 e. The van der Waals surface area contributed by atoms with Gasteiger partial charge in [0, 0.05) is 17.0 Å². The third-order valence-electron chi connectivity index (χ3n) is 9.22. The molecule has 210 valence electrons. The number of phenols is 1. The Hall–Kier alpha value is -3.85. The predicted octanol–water partition coefficient (Wildman–Crippen LogP) is 9.63. The molecule has 2 aliphatic carbocycles. The van der Waals surface area contributed by atoms with E-state index in [9.17, 15) is 0 Å². The number of phenolic OH excluding ortho intramolecular Hbond substituents is 1. The van der Waals surface area contributed by atoms with Crippen LogP contribution in [0.25, 0.3) is 27.1 Å². The number of hydrogen-bond donors (Lipinski definition) is 1. The van der Waals surface area contributed by atoms with Crippen LogP contribution in [-0.2, 0) is 12.8 Å². The lowest BCUT2D eigenvalue weighted by Gasteiger charge is -2.41. The van der Waals surface area contributed by atoms with Crippen LogP contribution in [0.3, 0.4) is 0 Å². The average molecular weight is 570 g/mol. The molecule has 0 radical (unpaired) electrons. The maximum Gasteiger partial charge on any atom is 0.116 e. The summed E-state index contributed by atoms with van der Waals surface area (Å²) in [5, 5.41) is 15.0. The van der Waals surface area contributed by atoms with Gasteiger partial charge in [-0.1, -0.05) is 103 Å². The molecular formula is C39H36ClNO. The van der Waals surface area contributed by atoms with Gasteiger partial charge in [0.1, 0.15) is 5.75 Å². The molecule has 1 heterocycles. The van der Waals surface area contributed by atoms with E-state index < -0.39 is 0 Å². The van der Waals surface area contributed by atoms with Crippen molar-refractivity contribution >= 4 is 38.7 Å². The van der Waals surface area contributed by atoms with Crippen molar-refractivity contribution in [2.45, 2.75) is 38.1 Å². The van der Waals surface area contributed by atoms with E-state index in [1.807, 2.05) is 36.4 Å². The van der Waals surface area contributed by atoms with Crippen LogP contribution in [-0.4, -0.2) is 29.1 Å². The predicted molar refractivity (Wildman–Crippen MR) is 177 cm³/mol. The van der Waals surface area contributed by atoms with Crippen LogP contribution in [0.4, 0.5) is 0 Å². The summed E-state index contributed by atoms with van der Waals surface area (Å²) < 4.78 is 0. The Morgan fingerprint density at radius 2 is 1.50 bits per heavy atom. The Kier molecular flexibility index (Phi) is 7.59. The van der Waals surface area contributed by atoms with E-state index >= 15 is 0 Å². The van der Waals surface area contributed by atoms with Gasteiger partial charge in [0.15, 0.2) is 0 Å². The summed E-state index contributed by atoms with van der Waals surface area (Å²) in [6.45, 7) is 2.46. The number of allylic oxidation sites excluding steroid dienone is 2. The second kappa shape index (κ2) is 11.8. The van der Waals surface area contributed by atoms with Crippen LogP contribution in [0.15, 0.2) is 121 Å². The zero-order chi connectivity index (χ0) is 28.5. The van der Waals surface area contributed by atoms with E-state index in [4.69, 9.17) is 16.7 Å². The summed E-state index contributed by atoms with van der Waals surface area (Å²) in [5.74, 6) is 0.834. The molecule has 8 rings (SSSR count). The molecule has 2 nitrogen and oxygen atoms in total. The molecule has 5 aromatic rings. The molecule has 1 aliphatic heterocycles. The van der Waals surface area contributed by atoms with Crippen LogP contribution in [0.1, 0.15) is 36.0 Å². The quantitative estimate of drug-likeness (QED) is 0.234. The monoisotopic (exact) mass is 569 g/mol. The number of likely N-dealkylation sites (tertiary alicyclic amines) is 1. The van der Waals surface area contributed by atoms with Gasteiger partial charge in [-0.15, -0.1) is 0 Å². The summed E-state index contributed by atoms with van der Waals surface area (Å²) in [6, 6.07) is 35.8. The van der Waals surface area contributed by atoms with Crippen molar-refractivity contribution in [2.24, 2.45) is 5.92 Å². The topological polar surface area (TPSA) is 23.5 Å². The third kappa shape index (κ3) is 5.38. The van der Waals surface area contributed by atoms with Gasteiger partial charge in [0.25, 0.3) is 0 Å². The molecule has 42 heavy (non-hydrogen) atoms. The van der Waals surface area contributed by atoms with E-state index in [-0.39, 0.29) is 0 Å². The number of aromatic hydroxyl groups is 1. The van der Waals surface area contributed by atoms with Gasteiger partial charge in [-0.25, -0.2) is 0 Å². The summed E-state index contributed by atoms with van der Waals surface area (Å²) >= 11 is 6.30. The third-order valence-corrected chi connectivity index (χ3v) is 9.46. The zero-order valence-corrected chi connectivity index (χ0v) is 24.6. The minimum absolute atomic E-state index is 0.323. The smallest absolute Gasteiger partial charge is 0.116 e. The van der Waals surface area contributed by atoms with Gasteiger partial charge in [0.05, 0.1) is 0 Å². The summed E-state index contributed by atoms with van der Waals surface area (Å²) in [7, 11) is 0. The second-order valence-electron chi connectivity index (χ2n) is 11.8. The summed E-state index contributed by atoms with van der Waals surface area (Å²) in [6.07, 6.45) is 11.0. The van der Waals surface area contributed by atoms with E-state index in [1.165, 1.54) is 65.4 Å². The van der Waals surface area contributed by atoms with Crippen molar-refractivity contribution in [3.05, 3.63) is 143 Å². The molecule has 1 N–H and O–H groups in total. The lowest BCUT2D eigenvalue weighted by atomic mass is 9.73. The van der Waals surface area contributed by atoms with Gasteiger partial charge in [-0.3, -0.25) is 4.90 Å². The van der Waals surface area contributed by atoms with Crippen molar-refractivity contribution < 1.29 is 5.11 Å². The average Bonchev–Trinajstić information content (AvgIpc) is 3.55. The number of rotatable bonds is 3. The highest BCUT2D eigenvalue weighted by Crippen LogP contribution is 2.44. The van der Waals surface area contributed by atoms with Crippen molar-refractivity contribution in [2.75, 3.05) is 13.1 Å². The fourth-order valence-electron chi connectivity index (χ4n) is 7.32. The number of halogens is 1. The highest BCUT2D eigenvalue weighted by molar-refractivity contribution is 6.30. The van der Waals surface area contributed by atoms with Crippen molar-refractivity contribution in [1.82, 2.24) is 4.90 Å². The van der Waals surface area contributed by atoms with Gasteiger partial charge in [-0.2, -0.15) is 0 Å². The number of benzene rings is 5. The SMILES string of the molecule is Clc1cccc(CC2C=CC3=C(CCc4c3ccc3ccccc43)C2N2CCCC2)c1.Oc1ccc2ccccc2c1. The second-order valence-corrected chi connectivity index (χ2v) is 12.3. The summed E-state index contributed by atoms with van der Waals surface area (Å²) in [4.78, 5) is 2.76. The molecule has 2 atom stereocenters. The first kappa shape index (κ1) is 27.0. The number of nitrogens with zero attached hydrogens (tertiary/aromatic N) is 1. The highest BCUT2D eigenvalue weighted by Gasteiger charge is 2.36. The number of hydrogen-bond acceptors (Lipinski definition) is 2. The van der Waals surface area contributed by atoms with E-state index in [2.05, 4.69) is 71.6 Å². The van der Waals surface area contributed by atoms with Crippen LogP contribution in [0.5, 0.6) is 5.75 Å². The minimum atomic E-state index is 0.323. The van der Waals surface area contributed by atoms with E-state index in [0.717, 1.165) is 28.6 Å². The highest BCUT2D eigenvalue weighted by atomic mass is 35.5. The molecular weight excluding hydrogens is 534 g/mol. The van der Waals surface area contributed by atoms with Crippen molar-refractivity contribution in [3.8, 4) is 5.75 Å². The lowest BCUT2D eigenvalue weighted by Crippen LogP contribution is -2.42. The van der Waals surface area contributed by atoms with E-state index in [1.54, 1.807) is 17.7 Å². The number of aryl methyl sites for hydroxylation is 1. The maximum absolute atomic E-state index is 9.13. The first-order chi connectivity index (χ1) is 20.6. The Bertz CT molecular complexity index is 1810. The molecule has 3 aliphatic rings. The van der Waals surface area contributed by atoms with Crippen LogP contribution < -0.4 is 0 Å². The molecule has 5 aromatic carbocycles. The van der Waals surface area contributed by atoms with Crippen LogP contribution >= 0.6 is 11.6 Å². The van der Waals surface area contributed by atoms with Gasteiger partial charge < -0.3 is 5.11 Å². The van der Waals surface area contributed by atoms with Crippen LogP contribution in [0, 0.1) is 5.92 Å². The molecule has 0 spiro atoms. The molecule has 1 fully saturated rings. The molecule has 0 bridgehead atoms. The summed E-state index contributed by atoms with van der Waals surface area (Å²) in [5.41, 5.74) is 7.50. The molecule has 0 aromatic heterocycles. The van der Waals surface area contributed by atoms with E-state index in [0.29, 0.717) is 17.7 Å². The zero-order valence-electron chi connectivity index (χ0n) is 23.8. The normalized spacial score (nSPS) is 19.8. The first-order valence-corrected chi connectivity index (χ1v) is 15.6. The molecule has 2 unspecified atom stereocenters. The van der Waals surface area contributed by atoms with Crippen LogP contribution in [0.2, 0.25) is 5.02 Å². The Morgan fingerprint density at radius 1 is 0.738 bits per heavy atom. The standard InChI is InChI=1S/C29H28ClN.C10H8O/c30-23-8-5-6-20(19-23)18-22-11-13-27-26-12-10-21-7-1-2-9-24(21)25(26)14-15-28(27)29(22)31-16-3-4-17-31;11-10-6-5-8-3-1-2-4-9(8)7-10/h1-2,5-13,19,22,29H,3-4,14-18H2;1-7,11H. The maximum atomic E-state index is 9.13. The fourth-order valence-corrected chi connectivity index (χ4v) is 7.53. The first-order valence-electron chi connectivity index (χ1n) is 15.2. The van der Waals surface area contributed by atoms with Gasteiger partial charge in [-0.05, 0) is 119 Å². The molecule has 3 heteroatoms. The van der Waals surface area contributed by atoms with Gasteiger partial charge in [0.2, 0.25) is 0 Å². The molecule has 1 saturated heterocycles. The van der Waals surface area contributed by atoms with Gasteiger partial charge >= 0.3 is 0 Å². The number of fused-ring (bicyclic) bond motifs is 5. The Morgan fingerprint density at radius 3 is 2.33 bits per heavy atom. The van der Waals surface area contributed by atoms with Crippen molar-refractivity contribution in [1.29, 1.82) is 0 Å². The fraction of sp³-hybridized carbons (Fsp3) is 0.231. The lowest BCUT2D eigenvalue weighted by molar-refractivity contribution is 0.221.